The molecule has 1 saturated heterocycles. The molecular weight excluding hydrogens is 276 g/mol. The van der Waals surface area contributed by atoms with E-state index in [2.05, 4.69) is 22.3 Å². The molecule has 4 nitrogen and oxygen atoms in total. The highest BCUT2D eigenvalue weighted by atomic mass is 16.3. The van der Waals surface area contributed by atoms with Crippen LogP contribution < -0.4 is 5.32 Å². The standard InChI is InChI=1S/C18H26N2O2/c1-13(21)16-9-10-20(11-16)12-17(22)19-18(15-7-8-15)14-5-3-2-4-6-14/h2-6,13,15-16,18,21H,7-12H2,1H3,(H,19,22). The third-order valence-corrected chi connectivity index (χ3v) is 4.93. The molecule has 0 bridgehead atoms. The van der Waals surface area contributed by atoms with Gasteiger partial charge in [0.05, 0.1) is 18.7 Å². The first-order valence-electron chi connectivity index (χ1n) is 8.38. The number of hydrogen-bond acceptors (Lipinski definition) is 3. The molecule has 1 aliphatic carbocycles. The molecule has 0 radical (unpaired) electrons. The molecule has 0 spiro atoms. The van der Waals surface area contributed by atoms with Crippen molar-refractivity contribution in [3.8, 4) is 0 Å². The van der Waals surface area contributed by atoms with Crippen LogP contribution in [0.15, 0.2) is 30.3 Å². The van der Waals surface area contributed by atoms with Gasteiger partial charge in [-0.15, -0.1) is 0 Å². The number of aliphatic hydroxyl groups excluding tert-OH is 1. The zero-order valence-electron chi connectivity index (χ0n) is 13.2. The molecular formula is C18H26N2O2. The number of aliphatic hydroxyl groups is 1. The number of nitrogens with one attached hydrogen (secondary N) is 1. The number of carbonyl (C=O) groups excluding carboxylic acids is 1. The summed E-state index contributed by atoms with van der Waals surface area (Å²) in [5.41, 5.74) is 1.21. The lowest BCUT2D eigenvalue weighted by atomic mass is 10.0. The van der Waals surface area contributed by atoms with Gasteiger partial charge in [0.25, 0.3) is 0 Å². The van der Waals surface area contributed by atoms with Gasteiger partial charge >= 0.3 is 0 Å². The van der Waals surface area contributed by atoms with Crippen LogP contribution in [0.25, 0.3) is 0 Å². The summed E-state index contributed by atoms with van der Waals surface area (Å²) in [5.74, 6) is 1.00. The molecule has 1 aliphatic heterocycles. The summed E-state index contributed by atoms with van der Waals surface area (Å²) < 4.78 is 0. The van der Waals surface area contributed by atoms with Crippen molar-refractivity contribution < 1.29 is 9.90 Å². The topological polar surface area (TPSA) is 52.6 Å². The molecule has 2 fully saturated rings. The first kappa shape index (κ1) is 15.5. The summed E-state index contributed by atoms with van der Waals surface area (Å²) >= 11 is 0. The van der Waals surface area contributed by atoms with E-state index in [4.69, 9.17) is 0 Å². The van der Waals surface area contributed by atoms with Gasteiger partial charge in [-0.25, -0.2) is 0 Å². The van der Waals surface area contributed by atoms with Crippen LogP contribution >= 0.6 is 0 Å². The lowest BCUT2D eigenvalue weighted by Crippen LogP contribution is -2.39. The van der Waals surface area contributed by atoms with E-state index >= 15 is 0 Å². The minimum atomic E-state index is -0.281. The first-order chi connectivity index (χ1) is 10.6. The van der Waals surface area contributed by atoms with E-state index < -0.39 is 0 Å². The van der Waals surface area contributed by atoms with Crippen LogP contribution in [0.5, 0.6) is 0 Å². The maximum absolute atomic E-state index is 12.4. The smallest absolute Gasteiger partial charge is 0.234 e. The maximum atomic E-state index is 12.4. The number of likely N-dealkylation sites (tertiary alicyclic amines) is 1. The highest BCUT2D eigenvalue weighted by molar-refractivity contribution is 5.78. The highest BCUT2D eigenvalue weighted by Crippen LogP contribution is 2.40. The van der Waals surface area contributed by atoms with Crippen molar-refractivity contribution in [1.29, 1.82) is 0 Å². The summed E-state index contributed by atoms with van der Waals surface area (Å²) in [6.07, 6.45) is 3.10. The molecule has 1 amide bonds. The predicted molar refractivity (Wildman–Crippen MR) is 86.3 cm³/mol. The lowest BCUT2D eigenvalue weighted by Gasteiger charge is -2.22. The summed E-state index contributed by atoms with van der Waals surface area (Å²) in [7, 11) is 0. The van der Waals surface area contributed by atoms with Gasteiger partial charge < -0.3 is 10.4 Å². The van der Waals surface area contributed by atoms with Crippen molar-refractivity contribution >= 4 is 5.91 Å². The van der Waals surface area contributed by atoms with Crippen LogP contribution in [0.1, 0.15) is 37.8 Å². The number of rotatable bonds is 6. The van der Waals surface area contributed by atoms with E-state index in [0.717, 1.165) is 19.5 Å². The molecule has 120 valence electrons. The Labute approximate surface area is 132 Å². The monoisotopic (exact) mass is 302 g/mol. The van der Waals surface area contributed by atoms with Crippen molar-refractivity contribution in [2.45, 2.75) is 38.3 Å². The second kappa shape index (κ2) is 6.80. The lowest BCUT2D eigenvalue weighted by molar-refractivity contribution is -0.123. The van der Waals surface area contributed by atoms with Gasteiger partial charge in [0.2, 0.25) is 5.91 Å². The van der Waals surface area contributed by atoms with Crippen LogP contribution in [0.4, 0.5) is 0 Å². The van der Waals surface area contributed by atoms with Crippen LogP contribution in [-0.4, -0.2) is 41.7 Å². The van der Waals surface area contributed by atoms with E-state index in [1.54, 1.807) is 0 Å². The molecule has 2 aliphatic rings. The fraction of sp³-hybridized carbons (Fsp3) is 0.611. The van der Waals surface area contributed by atoms with Crippen LogP contribution in [0.3, 0.4) is 0 Å². The van der Waals surface area contributed by atoms with Crippen molar-refractivity contribution in [2.24, 2.45) is 11.8 Å². The van der Waals surface area contributed by atoms with Crippen LogP contribution in [0.2, 0.25) is 0 Å². The molecule has 3 rings (SSSR count). The summed E-state index contributed by atoms with van der Waals surface area (Å²) in [6.45, 7) is 4.01. The zero-order chi connectivity index (χ0) is 15.5. The second-order valence-electron chi connectivity index (χ2n) is 6.82. The van der Waals surface area contributed by atoms with Gasteiger partial charge in [-0.1, -0.05) is 30.3 Å². The molecule has 1 heterocycles. The predicted octanol–water partition coefficient (Wildman–Crippen LogP) is 1.96. The summed E-state index contributed by atoms with van der Waals surface area (Å²) in [6, 6.07) is 10.4. The van der Waals surface area contributed by atoms with Crippen molar-refractivity contribution in [2.75, 3.05) is 19.6 Å². The minimum Gasteiger partial charge on any atom is -0.393 e. The van der Waals surface area contributed by atoms with Gasteiger partial charge in [-0.2, -0.15) is 0 Å². The average Bonchev–Trinajstić information content (AvgIpc) is 3.24. The Kier molecular flexibility index (Phi) is 4.79. The van der Waals surface area contributed by atoms with Gasteiger partial charge in [-0.3, -0.25) is 9.69 Å². The molecule has 2 N–H and O–H groups in total. The normalized spacial score (nSPS) is 24.9. The molecule has 22 heavy (non-hydrogen) atoms. The van der Waals surface area contributed by atoms with E-state index in [-0.39, 0.29) is 18.1 Å². The quantitative estimate of drug-likeness (QED) is 0.844. The van der Waals surface area contributed by atoms with Gasteiger partial charge in [-0.05, 0) is 50.1 Å². The van der Waals surface area contributed by atoms with E-state index in [1.165, 1.54) is 18.4 Å². The third kappa shape index (κ3) is 3.87. The Balaban J connectivity index is 1.54. The average molecular weight is 302 g/mol. The van der Waals surface area contributed by atoms with Gasteiger partial charge in [0.15, 0.2) is 0 Å². The minimum absolute atomic E-state index is 0.104. The number of nitrogens with zero attached hydrogens (tertiary/aromatic N) is 1. The summed E-state index contributed by atoms with van der Waals surface area (Å²) in [4.78, 5) is 14.5. The van der Waals surface area contributed by atoms with Crippen molar-refractivity contribution in [1.82, 2.24) is 10.2 Å². The Hall–Kier alpha value is -1.39. The van der Waals surface area contributed by atoms with E-state index in [0.29, 0.717) is 18.4 Å². The largest absolute Gasteiger partial charge is 0.393 e. The number of hydrogen-bond donors (Lipinski definition) is 2. The maximum Gasteiger partial charge on any atom is 0.234 e. The van der Waals surface area contributed by atoms with Crippen LogP contribution in [-0.2, 0) is 4.79 Å². The Morgan fingerprint density at radius 3 is 2.59 bits per heavy atom. The SMILES string of the molecule is CC(O)C1CCN(CC(=O)NC(c2ccccc2)C2CC2)C1. The molecule has 3 unspecified atom stereocenters. The van der Waals surface area contributed by atoms with Gasteiger partial charge in [0.1, 0.15) is 0 Å². The molecule has 1 saturated carbocycles. The third-order valence-electron chi connectivity index (χ3n) is 4.93. The Bertz CT molecular complexity index is 499. The van der Waals surface area contributed by atoms with E-state index in [1.807, 2.05) is 25.1 Å². The second-order valence-corrected chi connectivity index (χ2v) is 6.82. The Morgan fingerprint density at radius 1 is 1.27 bits per heavy atom. The molecule has 0 aromatic heterocycles. The fourth-order valence-electron chi connectivity index (χ4n) is 3.39. The zero-order valence-corrected chi connectivity index (χ0v) is 13.2. The van der Waals surface area contributed by atoms with Gasteiger partial charge in [0, 0.05) is 6.54 Å². The Morgan fingerprint density at radius 2 is 2.00 bits per heavy atom. The molecule has 1 aromatic rings. The molecule has 4 heteroatoms. The van der Waals surface area contributed by atoms with Crippen molar-refractivity contribution in [3.05, 3.63) is 35.9 Å². The number of benzene rings is 1. The molecule has 3 atom stereocenters. The summed E-state index contributed by atoms with van der Waals surface area (Å²) in [5, 5.41) is 12.9. The number of carbonyl (C=O) groups is 1. The molecule has 1 aromatic carbocycles. The highest BCUT2D eigenvalue weighted by Gasteiger charge is 2.34. The van der Waals surface area contributed by atoms with E-state index in [9.17, 15) is 9.90 Å². The first-order valence-corrected chi connectivity index (χ1v) is 8.38. The van der Waals surface area contributed by atoms with Crippen LogP contribution in [0, 0.1) is 11.8 Å². The van der Waals surface area contributed by atoms with Crippen molar-refractivity contribution in [3.63, 3.8) is 0 Å². The number of amides is 1. The fourth-order valence-corrected chi connectivity index (χ4v) is 3.39.